The summed E-state index contributed by atoms with van der Waals surface area (Å²) >= 11 is 0. The number of aliphatic imine (C=N–C) groups is 1. The summed E-state index contributed by atoms with van der Waals surface area (Å²) in [5, 5.41) is 12.6. The quantitative estimate of drug-likeness (QED) is 0.125. The van der Waals surface area contributed by atoms with E-state index < -0.39 is 29.6 Å². The number of guanidine groups is 1. The Labute approximate surface area is 236 Å². The fourth-order valence-corrected chi connectivity index (χ4v) is 4.28. The number of esters is 1. The summed E-state index contributed by atoms with van der Waals surface area (Å²) in [6, 6.07) is 11.6. The number of carbonyl (C=O) groups excluding carboxylic acids is 3. The second-order valence-electron chi connectivity index (χ2n) is 10.9. The van der Waals surface area contributed by atoms with E-state index in [-0.39, 0.29) is 49.9 Å². The summed E-state index contributed by atoms with van der Waals surface area (Å²) in [5.41, 5.74) is 13.3. The molecule has 2 atom stereocenters. The van der Waals surface area contributed by atoms with E-state index in [0.717, 1.165) is 22.3 Å². The maximum Gasteiger partial charge on any atom is 0.408 e. The van der Waals surface area contributed by atoms with Crippen molar-refractivity contribution in [1.82, 2.24) is 5.32 Å². The molecule has 0 aliphatic rings. The molecule has 0 saturated heterocycles. The van der Waals surface area contributed by atoms with Gasteiger partial charge in [-0.25, -0.2) is 4.79 Å². The van der Waals surface area contributed by atoms with Gasteiger partial charge in [0.05, 0.1) is 12.0 Å². The summed E-state index contributed by atoms with van der Waals surface area (Å²) in [6.45, 7) is 9.20. The molecule has 0 fully saturated rings. The van der Waals surface area contributed by atoms with Crippen molar-refractivity contribution in [3.8, 4) is 5.75 Å². The van der Waals surface area contributed by atoms with Crippen LogP contribution in [0.3, 0.4) is 0 Å². The van der Waals surface area contributed by atoms with Crippen molar-refractivity contribution < 1.29 is 29.0 Å². The van der Waals surface area contributed by atoms with Crippen molar-refractivity contribution in [2.45, 2.75) is 78.6 Å². The van der Waals surface area contributed by atoms with Crippen molar-refractivity contribution in [2.75, 3.05) is 6.54 Å². The number of alkyl carbamates (subject to hydrolysis) is 1. The molecular weight excluding hydrogens is 512 g/mol. The van der Waals surface area contributed by atoms with Gasteiger partial charge in [0.1, 0.15) is 18.0 Å². The molecule has 0 saturated carbocycles. The number of aromatic hydroxyl groups is 1. The highest BCUT2D eigenvalue weighted by Crippen LogP contribution is 2.26. The first-order valence-electron chi connectivity index (χ1n) is 13.3. The fourth-order valence-electron chi connectivity index (χ4n) is 4.28. The number of aryl methyl sites for hydroxylation is 2. The van der Waals surface area contributed by atoms with Gasteiger partial charge < -0.3 is 31.4 Å². The van der Waals surface area contributed by atoms with E-state index in [1.807, 2.05) is 44.2 Å². The monoisotopic (exact) mass is 554 g/mol. The van der Waals surface area contributed by atoms with Crippen molar-refractivity contribution in [3.05, 3.63) is 64.7 Å². The lowest BCUT2D eigenvalue weighted by molar-refractivity contribution is -0.151. The number of hydrogen-bond donors (Lipinski definition) is 4. The van der Waals surface area contributed by atoms with Crippen molar-refractivity contribution >= 4 is 23.8 Å². The maximum absolute atomic E-state index is 13.6. The molecule has 0 radical (unpaired) electrons. The average molecular weight is 555 g/mol. The van der Waals surface area contributed by atoms with Gasteiger partial charge >= 0.3 is 12.1 Å². The Kier molecular flexibility index (Phi) is 12.0. The largest absolute Gasteiger partial charge is 0.508 e. The maximum atomic E-state index is 13.6. The fraction of sp³-hybridized carbons (Fsp3) is 0.467. The average Bonchev–Trinajstić information content (AvgIpc) is 2.85. The van der Waals surface area contributed by atoms with Crippen molar-refractivity contribution in [3.63, 3.8) is 0 Å². The van der Waals surface area contributed by atoms with Crippen LogP contribution in [0.25, 0.3) is 0 Å². The standard InChI is InChI=1S/C30H42N4O6/c1-19-14-23(35)15-20(2)24(19)16-22(27(37)39-18-21-10-7-6-8-11-21)17-26(36)25(12-9-13-33-28(31)32)34-29(38)40-30(3,4)5/h6-8,10-11,14-15,22,25,35H,9,12-13,16-18H2,1-5H3,(H,34,38)(H4,31,32,33)/t22-,25-/m1/s1. The highest BCUT2D eigenvalue weighted by atomic mass is 16.6. The van der Waals surface area contributed by atoms with Crippen LogP contribution in [0.2, 0.25) is 0 Å². The minimum absolute atomic E-state index is 0.0655. The number of benzene rings is 2. The van der Waals surface area contributed by atoms with E-state index in [0.29, 0.717) is 6.42 Å². The van der Waals surface area contributed by atoms with Gasteiger partial charge in [0.25, 0.3) is 0 Å². The minimum atomic E-state index is -0.921. The lowest BCUT2D eigenvalue weighted by Crippen LogP contribution is -2.44. The first-order chi connectivity index (χ1) is 18.7. The zero-order chi connectivity index (χ0) is 29.9. The summed E-state index contributed by atoms with van der Waals surface area (Å²) in [4.78, 5) is 43.4. The Morgan fingerprint density at radius 2 is 1.68 bits per heavy atom. The van der Waals surface area contributed by atoms with Gasteiger partial charge in [0.2, 0.25) is 0 Å². The predicted molar refractivity (Wildman–Crippen MR) is 154 cm³/mol. The van der Waals surface area contributed by atoms with E-state index in [2.05, 4.69) is 10.3 Å². The Morgan fingerprint density at radius 3 is 2.25 bits per heavy atom. The molecule has 2 aromatic carbocycles. The van der Waals surface area contributed by atoms with Gasteiger partial charge in [-0.2, -0.15) is 0 Å². The Balaban J connectivity index is 2.28. The third-order valence-electron chi connectivity index (χ3n) is 6.16. The number of amides is 1. The molecule has 6 N–H and O–H groups in total. The normalized spacial score (nSPS) is 12.6. The Bertz CT molecular complexity index is 1160. The Morgan fingerprint density at radius 1 is 1.05 bits per heavy atom. The number of nitrogens with one attached hydrogen (secondary N) is 1. The number of ketones is 1. The molecule has 0 bridgehead atoms. The van der Waals surface area contributed by atoms with Crippen LogP contribution in [0.15, 0.2) is 47.5 Å². The van der Waals surface area contributed by atoms with Gasteiger partial charge in [0.15, 0.2) is 11.7 Å². The predicted octanol–water partition coefficient (Wildman–Crippen LogP) is 3.82. The van der Waals surface area contributed by atoms with Crippen molar-refractivity contribution in [1.29, 1.82) is 0 Å². The molecule has 0 aromatic heterocycles. The van der Waals surface area contributed by atoms with Gasteiger partial charge in [-0.3, -0.25) is 14.6 Å². The molecule has 0 aliphatic heterocycles. The van der Waals surface area contributed by atoms with E-state index >= 15 is 0 Å². The molecule has 0 heterocycles. The lowest BCUT2D eigenvalue weighted by atomic mass is 9.87. The first kappa shape index (κ1) is 32.1. The number of nitrogens with zero attached hydrogens (tertiary/aromatic N) is 1. The molecule has 2 aromatic rings. The van der Waals surface area contributed by atoms with Gasteiger partial charge in [-0.1, -0.05) is 30.3 Å². The third-order valence-corrected chi connectivity index (χ3v) is 6.16. The summed E-state index contributed by atoms with van der Waals surface area (Å²) in [6.07, 6.45) is -0.0110. The van der Waals surface area contributed by atoms with Crippen LogP contribution >= 0.6 is 0 Å². The number of Topliss-reactive ketones (excluding diaryl/α,β-unsaturated/α-hetero) is 1. The highest BCUT2D eigenvalue weighted by Gasteiger charge is 2.30. The molecule has 2 rings (SSSR count). The molecule has 10 nitrogen and oxygen atoms in total. The molecule has 40 heavy (non-hydrogen) atoms. The number of rotatable bonds is 13. The minimum Gasteiger partial charge on any atom is -0.508 e. The molecule has 218 valence electrons. The summed E-state index contributed by atoms with van der Waals surface area (Å²) < 4.78 is 11.0. The molecule has 0 unspecified atom stereocenters. The van der Waals surface area contributed by atoms with Crippen LogP contribution in [0, 0.1) is 19.8 Å². The summed E-state index contributed by atoms with van der Waals surface area (Å²) in [5.74, 6) is -1.63. The lowest BCUT2D eigenvalue weighted by Gasteiger charge is -2.24. The first-order valence-corrected chi connectivity index (χ1v) is 13.3. The number of phenols is 1. The van der Waals surface area contributed by atoms with Crippen molar-refractivity contribution in [2.24, 2.45) is 22.4 Å². The van der Waals surface area contributed by atoms with Gasteiger partial charge in [0, 0.05) is 13.0 Å². The molecule has 0 spiro atoms. The van der Waals surface area contributed by atoms with E-state index in [9.17, 15) is 19.5 Å². The van der Waals surface area contributed by atoms with Crippen LogP contribution in [0.1, 0.15) is 62.3 Å². The number of nitrogens with two attached hydrogens (primary N) is 2. The Hall–Kier alpha value is -4.08. The zero-order valence-electron chi connectivity index (χ0n) is 24.0. The van der Waals surface area contributed by atoms with E-state index in [1.54, 1.807) is 32.9 Å². The number of hydrogen-bond acceptors (Lipinski definition) is 7. The molecule has 10 heteroatoms. The van der Waals surface area contributed by atoms with Crippen LogP contribution in [-0.4, -0.2) is 47.1 Å². The number of phenolic OH excluding ortho intramolecular Hbond substituents is 1. The van der Waals surface area contributed by atoms with Crippen LogP contribution < -0.4 is 16.8 Å². The van der Waals surface area contributed by atoms with Crippen LogP contribution in [-0.2, 0) is 32.1 Å². The second-order valence-corrected chi connectivity index (χ2v) is 10.9. The highest BCUT2D eigenvalue weighted by molar-refractivity contribution is 5.90. The van der Waals surface area contributed by atoms with E-state index in [1.165, 1.54) is 0 Å². The molecule has 0 aliphatic carbocycles. The number of ether oxygens (including phenoxy) is 2. The zero-order valence-corrected chi connectivity index (χ0v) is 24.0. The van der Waals surface area contributed by atoms with Gasteiger partial charge in [-0.05, 0) is 88.3 Å². The smallest absolute Gasteiger partial charge is 0.408 e. The molecule has 1 amide bonds. The van der Waals surface area contributed by atoms with Crippen LogP contribution in [0.4, 0.5) is 4.79 Å². The molecular formula is C30H42N4O6. The van der Waals surface area contributed by atoms with Crippen LogP contribution in [0.5, 0.6) is 5.75 Å². The van der Waals surface area contributed by atoms with Gasteiger partial charge in [-0.15, -0.1) is 0 Å². The number of carbonyl (C=O) groups is 3. The van der Waals surface area contributed by atoms with E-state index in [4.69, 9.17) is 20.9 Å². The second kappa shape index (κ2) is 14.9. The SMILES string of the molecule is Cc1cc(O)cc(C)c1C[C@H](CC(=O)[C@@H](CCCN=C(N)N)NC(=O)OC(C)(C)C)C(=O)OCc1ccccc1. The third kappa shape index (κ3) is 11.3. The topological polar surface area (TPSA) is 166 Å². The summed E-state index contributed by atoms with van der Waals surface area (Å²) in [7, 11) is 0.